The van der Waals surface area contributed by atoms with Crippen LogP contribution in [-0.2, 0) is 0 Å². The highest BCUT2D eigenvalue weighted by molar-refractivity contribution is 4.98. The highest BCUT2D eigenvalue weighted by Crippen LogP contribution is 2.59. The molecule has 1 saturated carbocycles. The van der Waals surface area contributed by atoms with Crippen molar-refractivity contribution >= 4 is 0 Å². The van der Waals surface area contributed by atoms with Crippen LogP contribution >= 0.6 is 0 Å². The van der Waals surface area contributed by atoms with Gasteiger partial charge in [0.15, 0.2) is 0 Å². The summed E-state index contributed by atoms with van der Waals surface area (Å²) in [6, 6.07) is 0. The average molecular weight is 268 g/mol. The zero-order valence-electron chi connectivity index (χ0n) is 13.8. The second-order valence-electron chi connectivity index (χ2n) is 6.78. The van der Waals surface area contributed by atoms with E-state index in [0.717, 1.165) is 12.8 Å². The van der Waals surface area contributed by atoms with E-state index in [-0.39, 0.29) is 6.10 Å². The maximum absolute atomic E-state index is 9.79. The predicted molar refractivity (Wildman–Crippen MR) is 84.4 cm³/mol. The van der Waals surface area contributed by atoms with Gasteiger partial charge in [-0.25, -0.2) is 0 Å². The lowest BCUT2D eigenvalue weighted by Crippen LogP contribution is -2.44. The number of aliphatic hydroxyl groups is 1. The fourth-order valence-corrected chi connectivity index (χ4v) is 4.81. The monoisotopic (exact) mass is 268 g/mol. The molecule has 1 aliphatic carbocycles. The minimum atomic E-state index is -0.0739. The summed E-state index contributed by atoms with van der Waals surface area (Å²) in [5, 5.41) is 9.79. The Morgan fingerprint density at radius 1 is 0.895 bits per heavy atom. The molecule has 1 N–H and O–H groups in total. The van der Waals surface area contributed by atoms with Crippen LogP contribution in [0.2, 0.25) is 0 Å². The van der Waals surface area contributed by atoms with E-state index < -0.39 is 0 Å². The average Bonchev–Trinajstić information content (AvgIpc) is 2.47. The minimum absolute atomic E-state index is 0.0739. The number of aliphatic hydroxyl groups excluding tert-OH is 1. The Balaban J connectivity index is 2.74. The molecule has 0 aromatic carbocycles. The van der Waals surface area contributed by atoms with E-state index in [1.54, 1.807) is 0 Å². The first-order valence-electron chi connectivity index (χ1n) is 8.77. The van der Waals surface area contributed by atoms with Crippen molar-refractivity contribution < 1.29 is 5.11 Å². The Labute approximate surface area is 121 Å². The highest BCUT2D eigenvalue weighted by Gasteiger charge is 2.48. The molecule has 1 heteroatoms. The van der Waals surface area contributed by atoms with E-state index in [1.807, 2.05) is 0 Å². The zero-order chi connectivity index (χ0) is 14.4. The van der Waals surface area contributed by atoms with Crippen LogP contribution in [0.3, 0.4) is 0 Å². The van der Waals surface area contributed by atoms with Crippen LogP contribution < -0.4 is 0 Å². The molecule has 0 heterocycles. The van der Waals surface area contributed by atoms with Crippen LogP contribution in [0.4, 0.5) is 0 Å². The summed E-state index contributed by atoms with van der Waals surface area (Å²) in [7, 11) is 0. The molecule has 0 radical (unpaired) electrons. The van der Waals surface area contributed by atoms with Gasteiger partial charge in [0.05, 0.1) is 6.10 Å². The second kappa shape index (κ2) is 7.67. The van der Waals surface area contributed by atoms with Gasteiger partial charge in [-0.2, -0.15) is 0 Å². The summed E-state index contributed by atoms with van der Waals surface area (Å²) in [6.07, 6.45) is 14.1. The Morgan fingerprint density at radius 2 is 1.42 bits per heavy atom. The maximum atomic E-state index is 9.79. The van der Waals surface area contributed by atoms with Gasteiger partial charge in [-0.3, -0.25) is 0 Å². The van der Waals surface area contributed by atoms with Gasteiger partial charge >= 0.3 is 0 Å². The van der Waals surface area contributed by atoms with Gasteiger partial charge in [0.25, 0.3) is 0 Å². The van der Waals surface area contributed by atoms with Crippen molar-refractivity contribution in [2.45, 2.75) is 104 Å². The van der Waals surface area contributed by atoms with Gasteiger partial charge in [-0.1, -0.05) is 47.0 Å². The van der Waals surface area contributed by atoms with Crippen LogP contribution in [0.5, 0.6) is 0 Å². The van der Waals surface area contributed by atoms with Crippen molar-refractivity contribution in [1.29, 1.82) is 0 Å². The maximum Gasteiger partial charge on any atom is 0.0537 e. The van der Waals surface area contributed by atoms with Crippen molar-refractivity contribution in [2.24, 2.45) is 10.8 Å². The summed E-state index contributed by atoms with van der Waals surface area (Å²) in [5.74, 6) is 0. The molecular formula is C18H36O. The van der Waals surface area contributed by atoms with Crippen molar-refractivity contribution in [1.82, 2.24) is 0 Å². The fourth-order valence-electron chi connectivity index (χ4n) is 4.81. The Kier molecular flexibility index (Phi) is 6.86. The molecule has 1 aliphatic rings. The fraction of sp³-hybridized carbons (Fsp3) is 1.00. The van der Waals surface area contributed by atoms with Crippen LogP contribution in [0, 0.1) is 10.8 Å². The molecule has 0 aromatic rings. The molecule has 0 bridgehead atoms. The number of hydrogen-bond donors (Lipinski definition) is 1. The number of hydrogen-bond acceptors (Lipinski definition) is 1. The summed E-state index contributed by atoms with van der Waals surface area (Å²) >= 11 is 0. The molecule has 0 amide bonds. The second-order valence-corrected chi connectivity index (χ2v) is 6.78. The molecule has 0 aromatic heterocycles. The lowest BCUT2D eigenvalue weighted by atomic mass is 9.51. The van der Waals surface area contributed by atoms with Gasteiger partial charge in [0.1, 0.15) is 0 Å². The van der Waals surface area contributed by atoms with E-state index in [4.69, 9.17) is 0 Å². The number of rotatable bonds is 8. The van der Waals surface area contributed by atoms with Gasteiger partial charge in [0.2, 0.25) is 0 Å². The molecule has 0 saturated heterocycles. The quantitative estimate of drug-likeness (QED) is 0.598. The third-order valence-corrected chi connectivity index (χ3v) is 6.38. The Hall–Kier alpha value is -0.0400. The highest BCUT2D eigenvalue weighted by atomic mass is 16.3. The van der Waals surface area contributed by atoms with Crippen LogP contribution in [0.25, 0.3) is 0 Å². The standard InChI is InChI=1S/C18H36O/c1-5-16(19)12-11-15-18(8-4)14-10-9-13-17(18,6-2)7-3/h16,19H,5-15H2,1-4H3. The molecule has 0 aliphatic heterocycles. The molecule has 19 heavy (non-hydrogen) atoms. The first-order valence-corrected chi connectivity index (χ1v) is 8.77. The zero-order valence-corrected chi connectivity index (χ0v) is 13.8. The van der Waals surface area contributed by atoms with Crippen LogP contribution in [-0.4, -0.2) is 11.2 Å². The lowest BCUT2D eigenvalue weighted by Gasteiger charge is -2.54. The van der Waals surface area contributed by atoms with Gasteiger partial charge in [-0.15, -0.1) is 0 Å². The SMILES string of the molecule is CCC(O)CCCC1(CC)CCCCC1(CC)CC. The summed E-state index contributed by atoms with van der Waals surface area (Å²) in [4.78, 5) is 0. The van der Waals surface area contributed by atoms with Crippen molar-refractivity contribution in [3.63, 3.8) is 0 Å². The van der Waals surface area contributed by atoms with Gasteiger partial charge < -0.3 is 5.11 Å². The van der Waals surface area contributed by atoms with E-state index >= 15 is 0 Å². The Morgan fingerprint density at radius 3 is 1.89 bits per heavy atom. The summed E-state index contributed by atoms with van der Waals surface area (Å²) in [6.45, 7) is 9.30. The van der Waals surface area contributed by atoms with Crippen LogP contribution in [0.15, 0.2) is 0 Å². The van der Waals surface area contributed by atoms with Crippen LogP contribution in [0.1, 0.15) is 98.3 Å². The topological polar surface area (TPSA) is 20.2 Å². The Bertz CT molecular complexity index is 244. The third kappa shape index (κ3) is 3.54. The molecule has 0 spiro atoms. The smallest absolute Gasteiger partial charge is 0.0537 e. The van der Waals surface area contributed by atoms with Crippen molar-refractivity contribution in [2.75, 3.05) is 0 Å². The first-order chi connectivity index (χ1) is 9.09. The molecule has 1 rings (SSSR count). The van der Waals surface area contributed by atoms with Gasteiger partial charge in [-0.05, 0) is 62.2 Å². The largest absolute Gasteiger partial charge is 0.393 e. The van der Waals surface area contributed by atoms with E-state index in [1.165, 1.54) is 57.8 Å². The van der Waals surface area contributed by atoms with Crippen molar-refractivity contribution in [3.8, 4) is 0 Å². The summed E-state index contributed by atoms with van der Waals surface area (Å²) < 4.78 is 0. The molecular weight excluding hydrogens is 232 g/mol. The molecule has 1 nitrogen and oxygen atoms in total. The molecule has 2 unspecified atom stereocenters. The van der Waals surface area contributed by atoms with E-state index in [9.17, 15) is 5.11 Å². The van der Waals surface area contributed by atoms with Gasteiger partial charge in [0, 0.05) is 0 Å². The molecule has 2 atom stereocenters. The predicted octanol–water partition coefficient (Wildman–Crippen LogP) is 5.70. The first kappa shape index (κ1) is 17.0. The van der Waals surface area contributed by atoms with Crippen molar-refractivity contribution in [3.05, 3.63) is 0 Å². The molecule has 1 fully saturated rings. The van der Waals surface area contributed by atoms with E-state index in [2.05, 4.69) is 27.7 Å². The minimum Gasteiger partial charge on any atom is -0.393 e. The van der Waals surface area contributed by atoms with E-state index in [0.29, 0.717) is 10.8 Å². The third-order valence-electron chi connectivity index (χ3n) is 6.38. The summed E-state index contributed by atoms with van der Waals surface area (Å²) in [5.41, 5.74) is 1.14. The molecule has 114 valence electrons. The lowest BCUT2D eigenvalue weighted by molar-refractivity contribution is -0.0380. The normalized spacial score (nSPS) is 28.3.